The van der Waals surface area contributed by atoms with E-state index in [1.165, 1.54) is 25.8 Å². The number of rotatable bonds is 7. The van der Waals surface area contributed by atoms with Crippen molar-refractivity contribution in [2.45, 2.75) is 76.9 Å². The molecule has 0 saturated heterocycles. The van der Waals surface area contributed by atoms with E-state index in [9.17, 15) is 4.79 Å². The third-order valence-electron chi connectivity index (χ3n) is 5.11. The molecule has 2 saturated carbocycles. The highest BCUT2D eigenvalue weighted by molar-refractivity contribution is 5.81. The summed E-state index contributed by atoms with van der Waals surface area (Å²) in [6, 6.07) is 0.798. The average Bonchev–Trinajstić information content (AvgIpc) is 2.78. The summed E-state index contributed by atoms with van der Waals surface area (Å²) in [7, 11) is 2.22. The molecule has 2 aliphatic rings. The van der Waals surface area contributed by atoms with Gasteiger partial charge in [0.2, 0.25) is 0 Å². The van der Waals surface area contributed by atoms with E-state index in [4.69, 9.17) is 4.74 Å². The van der Waals surface area contributed by atoms with Gasteiger partial charge in [-0.05, 0) is 65.8 Å². The van der Waals surface area contributed by atoms with Crippen molar-refractivity contribution in [2.24, 2.45) is 5.92 Å². The molecule has 0 aromatic rings. The summed E-state index contributed by atoms with van der Waals surface area (Å²) in [4.78, 5) is 14.9. The second kappa shape index (κ2) is 7.10. The van der Waals surface area contributed by atoms with Crippen LogP contribution >= 0.6 is 0 Å². The van der Waals surface area contributed by atoms with Gasteiger partial charge in [0, 0.05) is 18.6 Å². The lowest BCUT2D eigenvalue weighted by Gasteiger charge is -2.35. The van der Waals surface area contributed by atoms with Crippen LogP contribution in [0.5, 0.6) is 0 Å². The first kappa shape index (κ1) is 16.8. The van der Waals surface area contributed by atoms with Crippen molar-refractivity contribution in [3.8, 4) is 0 Å². The minimum Gasteiger partial charge on any atom is -0.465 e. The quantitative estimate of drug-likeness (QED) is 0.733. The van der Waals surface area contributed by atoms with Crippen molar-refractivity contribution in [1.82, 2.24) is 10.2 Å². The molecule has 0 bridgehead atoms. The molecule has 4 heteroatoms. The largest absolute Gasteiger partial charge is 0.465 e. The Morgan fingerprint density at radius 2 is 2.10 bits per heavy atom. The molecule has 122 valence electrons. The number of ether oxygens (including phenoxy) is 1. The molecular weight excluding hydrogens is 264 g/mol. The van der Waals surface area contributed by atoms with Crippen LogP contribution in [0.3, 0.4) is 0 Å². The highest BCUT2D eigenvalue weighted by Gasteiger charge is 2.47. The summed E-state index contributed by atoms with van der Waals surface area (Å²) in [6.45, 7) is 7.74. The van der Waals surface area contributed by atoms with Crippen molar-refractivity contribution in [2.75, 3.05) is 20.2 Å². The van der Waals surface area contributed by atoms with E-state index in [0.717, 1.165) is 25.2 Å². The van der Waals surface area contributed by atoms with Gasteiger partial charge in [-0.1, -0.05) is 6.42 Å². The Morgan fingerprint density at radius 1 is 1.38 bits per heavy atom. The lowest BCUT2D eigenvalue weighted by molar-refractivity contribution is -0.151. The molecule has 2 atom stereocenters. The fourth-order valence-corrected chi connectivity index (χ4v) is 3.82. The second-order valence-corrected chi connectivity index (χ2v) is 7.23. The molecule has 2 rings (SSSR count). The van der Waals surface area contributed by atoms with Crippen molar-refractivity contribution in [3.05, 3.63) is 0 Å². The van der Waals surface area contributed by atoms with Gasteiger partial charge in [0.15, 0.2) is 0 Å². The number of carbonyl (C=O) groups excluding carboxylic acids is 1. The fraction of sp³-hybridized carbons (Fsp3) is 0.941. The van der Waals surface area contributed by atoms with Crippen molar-refractivity contribution < 1.29 is 9.53 Å². The van der Waals surface area contributed by atoms with Crippen molar-refractivity contribution in [1.29, 1.82) is 0 Å². The maximum atomic E-state index is 12.5. The van der Waals surface area contributed by atoms with Crippen LogP contribution in [-0.4, -0.2) is 48.7 Å². The van der Waals surface area contributed by atoms with Gasteiger partial charge in [-0.2, -0.15) is 0 Å². The SMILES string of the molecule is CCOC(=O)C1(NC(C)C)CCC(N(C)CC2CCC2)C1. The summed E-state index contributed by atoms with van der Waals surface area (Å²) in [5, 5.41) is 3.50. The Labute approximate surface area is 129 Å². The molecule has 0 amide bonds. The van der Waals surface area contributed by atoms with Crippen LogP contribution in [0.15, 0.2) is 0 Å². The normalized spacial score (nSPS) is 29.9. The highest BCUT2D eigenvalue weighted by Crippen LogP contribution is 2.36. The number of nitrogens with one attached hydrogen (secondary N) is 1. The smallest absolute Gasteiger partial charge is 0.326 e. The maximum Gasteiger partial charge on any atom is 0.326 e. The molecule has 4 nitrogen and oxygen atoms in total. The molecule has 2 aliphatic carbocycles. The van der Waals surface area contributed by atoms with Gasteiger partial charge in [0.1, 0.15) is 5.54 Å². The van der Waals surface area contributed by atoms with E-state index in [1.54, 1.807) is 0 Å². The van der Waals surface area contributed by atoms with Crippen LogP contribution in [0.1, 0.15) is 59.3 Å². The van der Waals surface area contributed by atoms with Gasteiger partial charge >= 0.3 is 5.97 Å². The molecule has 0 radical (unpaired) electrons. The van der Waals surface area contributed by atoms with Crippen molar-refractivity contribution in [3.63, 3.8) is 0 Å². The molecule has 2 unspecified atom stereocenters. The highest BCUT2D eigenvalue weighted by atomic mass is 16.5. The van der Waals surface area contributed by atoms with Gasteiger partial charge < -0.3 is 9.64 Å². The molecule has 0 aromatic carbocycles. The number of hydrogen-bond acceptors (Lipinski definition) is 4. The summed E-state index contributed by atoms with van der Waals surface area (Å²) in [5.41, 5.74) is -0.470. The number of esters is 1. The molecule has 1 N–H and O–H groups in total. The number of nitrogens with zero attached hydrogens (tertiary/aromatic N) is 1. The van der Waals surface area contributed by atoms with Crippen LogP contribution in [0, 0.1) is 5.92 Å². The zero-order valence-corrected chi connectivity index (χ0v) is 14.2. The monoisotopic (exact) mass is 296 g/mol. The van der Waals surface area contributed by atoms with Gasteiger partial charge in [-0.15, -0.1) is 0 Å². The average molecular weight is 296 g/mol. The predicted octanol–water partition coefficient (Wildman–Crippen LogP) is 2.57. The van der Waals surface area contributed by atoms with Gasteiger partial charge in [0.25, 0.3) is 0 Å². The Kier molecular flexibility index (Phi) is 5.67. The number of carbonyl (C=O) groups is 1. The second-order valence-electron chi connectivity index (χ2n) is 7.23. The van der Waals surface area contributed by atoms with Crippen molar-refractivity contribution >= 4 is 5.97 Å². The summed E-state index contributed by atoms with van der Waals surface area (Å²) >= 11 is 0. The first-order valence-electron chi connectivity index (χ1n) is 8.62. The Morgan fingerprint density at radius 3 is 2.62 bits per heavy atom. The molecule has 0 aromatic heterocycles. The molecular formula is C17H32N2O2. The van der Waals surface area contributed by atoms with Gasteiger partial charge in [-0.3, -0.25) is 10.1 Å². The fourth-order valence-electron chi connectivity index (χ4n) is 3.82. The zero-order valence-electron chi connectivity index (χ0n) is 14.2. The Balaban J connectivity index is 1.97. The molecule has 0 aliphatic heterocycles. The standard InChI is InChI=1S/C17H32N2O2/c1-5-21-16(20)17(18-13(2)3)10-9-15(11-17)19(4)12-14-7-6-8-14/h13-15,18H,5-12H2,1-4H3. The van der Waals surface area contributed by atoms with Crippen LogP contribution < -0.4 is 5.32 Å². The third-order valence-corrected chi connectivity index (χ3v) is 5.11. The minimum atomic E-state index is -0.470. The van der Waals surface area contributed by atoms with E-state index in [2.05, 4.69) is 31.1 Å². The van der Waals surface area contributed by atoms with Crippen LogP contribution in [0.2, 0.25) is 0 Å². The van der Waals surface area contributed by atoms with Gasteiger partial charge in [-0.25, -0.2) is 0 Å². The van der Waals surface area contributed by atoms with Crippen LogP contribution in [0.25, 0.3) is 0 Å². The van der Waals surface area contributed by atoms with Gasteiger partial charge in [0.05, 0.1) is 6.61 Å². The summed E-state index contributed by atoms with van der Waals surface area (Å²) in [6.07, 6.45) is 7.01. The lowest BCUT2D eigenvalue weighted by atomic mass is 9.85. The van der Waals surface area contributed by atoms with E-state index < -0.39 is 5.54 Å². The molecule has 2 fully saturated rings. The number of hydrogen-bond donors (Lipinski definition) is 1. The first-order chi connectivity index (χ1) is 9.97. The summed E-state index contributed by atoms with van der Waals surface area (Å²) < 4.78 is 5.35. The molecule has 21 heavy (non-hydrogen) atoms. The summed E-state index contributed by atoms with van der Waals surface area (Å²) in [5.74, 6) is 0.823. The van der Waals surface area contributed by atoms with E-state index in [1.807, 2.05) is 6.92 Å². The topological polar surface area (TPSA) is 41.6 Å². The van der Waals surface area contributed by atoms with Crippen LogP contribution in [0.4, 0.5) is 0 Å². The minimum absolute atomic E-state index is 0.0572. The Bertz CT molecular complexity index is 355. The molecule has 0 spiro atoms. The predicted molar refractivity (Wildman–Crippen MR) is 85.2 cm³/mol. The van der Waals surface area contributed by atoms with Crippen LogP contribution in [-0.2, 0) is 9.53 Å². The van der Waals surface area contributed by atoms with E-state index in [-0.39, 0.29) is 5.97 Å². The van der Waals surface area contributed by atoms with E-state index in [0.29, 0.717) is 18.7 Å². The Hall–Kier alpha value is -0.610. The lowest BCUT2D eigenvalue weighted by Crippen LogP contribution is -2.54. The van der Waals surface area contributed by atoms with E-state index >= 15 is 0 Å². The third kappa shape index (κ3) is 3.98. The maximum absolute atomic E-state index is 12.5. The zero-order chi connectivity index (χ0) is 15.5. The first-order valence-corrected chi connectivity index (χ1v) is 8.62. The molecule has 0 heterocycles.